The van der Waals surface area contributed by atoms with E-state index in [-0.39, 0.29) is 42.5 Å². The van der Waals surface area contributed by atoms with Crippen LogP contribution in [0.4, 0.5) is 5.95 Å². The second kappa shape index (κ2) is 12.2. The van der Waals surface area contributed by atoms with Gasteiger partial charge < -0.3 is 19.3 Å². The van der Waals surface area contributed by atoms with Crippen molar-refractivity contribution in [1.29, 1.82) is 0 Å². The van der Waals surface area contributed by atoms with Crippen LogP contribution in [-0.4, -0.2) is 49.3 Å². The Morgan fingerprint density at radius 3 is 2.29 bits per heavy atom. The molecule has 6 aromatic rings. The molecule has 0 bridgehead atoms. The molecular weight excluding hydrogens is 610 g/mol. The number of rotatable bonds is 8. The first kappa shape index (κ1) is 29.8. The molecule has 3 atom stereocenters. The number of nitrogens with one attached hydrogen (secondary N) is 2. The number of amides is 1. The van der Waals surface area contributed by atoms with Crippen molar-refractivity contribution in [2.45, 2.75) is 36.9 Å². The number of ether oxygens (including phenoxy) is 3. The Bertz CT molecular complexity index is 2120. The van der Waals surface area contributed by atoms with Crippen molar-refractivity contribution in [2.75, 3.05) is 11.9 Å². The molecule has 4 aromatic carbocycles. The molecule has 2 aliphatic heterocycles. The summed E-state index contributed by atoms with van der Waals surface area (Å²) in [4.78, 5) is 36.9. The summed E-state index contributed by atoms with van der Waals surface area (Å²) in [5, 5.41) is 13.9. The summed E-state index contributed by atoms with van der Waals surface area (Å²) in [6.07, 6.45) is -0.521. The molecule has 2 aliphatic rings. The van der Waals surface area contributed by atoms with E-state index >= 15 is 0 Å². The first-order chi connectivity index (χ1) is 23.5. The van der Waals surface area contributed by atoms with Crippen molar-refractivity contribution in [3.8, 4) is 11.5 Å². The van der Waals surface area contributed by atoms with Crippen molar-refractivity contribution >= 4 is 23.0 Å². The average Bonchev–Trinajstić information content (AvgIpc) is 3.70. The largest absolute Gasteiger partial charge is 0.457 e. The predicted molar refractivity (Wildman–Crippen MR) is 177 cm³/mol. The monoisotopic (exact) mass is 641 g/mol. The lowest BCUT2D eigenvalue weighted by atomic mass is 9.77. The van der Waals surface area contributed by atoms with Crippen LogP contribution in [0.25, 0.3) is 11.2 Å². The predicted octanol–water partition coefficient (Wildman–Crippen LogP) is 5.06. The van der Waals surface area contributed by atoms with Crippen molar-refractivity contribution < 1.29 is 24.1 Å². The molecule has 2 aromatic heterocycles. The van der Waals surface area contributed by atoms with Gasteiger partial charge in [-0.1, -0.05) is 97.1 Å². The normalized spacial score (nSPS) is 19.3. The van der Waals surface area contributed by atoms with Crippen LogP contribution in [0, 0.1) is 0 Å². The summed E-state index contributed by atoms with van der Waals surface area (Å²) in [5.74, 6) is 1.02. The van der Waals surface area contributed by atoms with Crippen molar-refractivity contribution in [3.63, 3.8) is 0 Å². The Morgan fingerprint density at radius 1 is 0.938 bits per heavy atom. The zero-order valence-corrected chi connectivity index (χ0v) is 25.7. The number of carbonyl (C=O) groups is 1. The van der Waals surface area contributed by atoms with Crippen LogP contribution in [0.5, 0.6) is 11.5 Å². The minimum atomic E-state index is -1.04. The van der Waals surface area contributed by atoms with E-state index in [1.165, 1.54) is 6.33 Å². The third-order valence-electron chi connectivity index (χ3n) is 8.81. The number of carbonyl (C=O) groups excluding carboxylic acids is 1. The fraction of sp³-hybridized carbons (Fsp3) is 0.189. The van der Waals surface area contributed by atoms with Gasteiger partial charge in [0.1, 0.15) is 23.8 Å². The molecule has 0 spiro atoms. The quantitative estimate of drug-likeness (QED) is 0.210. The van der Waals surface area contributed by atoms with Gasteiger partial charge in [-0.2, -0.15) is 4.98 Å². The Hall–Kier alpha value is -5.62. The summed E-state index contributed by atoms with van der Waals surface area (Å²) in [7, 11) is 0. The summed E-state index contributed by atoms with van der Waals surface area (Å²) in [6, 6.07) is 34.8. The lowest BCUT2D eigenvalue weighted by Gasteiger charge is -2.41. The molecule has 8 rings (SSSR count). The molecule has 0 aliphatic carbocycles. The number of para-hydroxylation sites is 2. The van der Waals surface area contributed by atoms with Crippen LogP contribution in [-0.2, 0) is 26.3 Å². The minimum Gasteiger partial charge on any atom is -0.457 e. The highest BCUT2D eigenvalue weighted by Gasteiger charge is 2.47. The minimum absolute atomic E-state index is 0.00439. The maximum atomic E-state index is 12.9. The van der Waals surface area contributed by atoms with Gasteiger partial charge in [0.15, 0.2) is 16.8 Å². The van der Waals surface area contributed by atoms with Gasteiger partial charge in [0.2, 0.25) is 11.9 Å². The molecule has 4 heterocycles. The van der Waals surface area contributed by atoms with Gasteiger partial charge in [-0.15, -0.1) is 0 Å². The number of aromatic amines is 1. The number of aliphatic hydroxyl groups excluding tert-OH is 1. The number of anilines is 1. The van der Waals surface area contributed by atoms with E-state index in [0.29, 0.717) is 11.5 Å². The number of hydrogen-bond acceptors (Lipinski definition) is 8. The Kier molecular flexibility index (Phi) is 7.56. The molecule has 0 radical (unpaired) electrons. The fourth-order valence-corrected chi connectivity index (χ4v) is 6.58. The van der Waals surface area contributed by atoms with Gasteiger partial charge in [0.25, 0.3) is 5.56 Å². The van der Waals surface area contributed by atoms with E-state index in [0.717, 1.165) is 22.3 Å². The molecule has 48 heavy (non-hydrogen) atoms. The maximum Gasteiger partial charge on any atom is 0.280 e. The molecule has 240 valence electrons. The molecule has 1 amide bonds. The molecule has 11 heteroatoms. The van der Waals surface area contributed by atoms with Crippen LogP contribution in [0.3, 0.4) is 0 Å². The molecule has 11 nitrogen and oxygen atoms in total. The van der Waals surface area contributed by atoms with Crippen LogP contribution in [0.15, 0.2) is 120 Å². The number of benzene rings is 4. The van der Waals surface area contributed by atoms with Crippen LogP contribution in [0.2, 0.25) is 0 Å². The second-order valence-corrected chi connectivity index (χ2v) is 11.8. The van der Waals surface area contributed by atoms with Gasteiger partial charge >= 0.3 is 0 Å². The van der Waals surface area contributed by atoms with E-state index in [1.807, 2.05) is 109 Å². The number of H-pyrrole nitrogens is 1. The Balaban J connectivity index is 1.07. The van der Waals surface area contributed by atoms with E-state index in [9.17, 15) is 14.7 Å². The molecule has 3 N–H and O–H groups in total. The number of aromatic nitrogens is 4. The summed E-state index contributed by atoms with van der Waals surface area (Å²) in [5.41, 5.74) is 2.17. The topological polar surface area (TPSA) is 141 Å². The third kappa shape index (κ3) is 5.23. The van der Waals surface area contributed by atoms with Crippen molar-refractivity contribution in [1.82, 2.24) is 19.5 Å². The number of imidazole rings is 1. The molecule has 1 unspecified atom stereocenters. The second-order valence-electron chi connectivity index (χ2n) is 11.8. The van der Waals surface area contributed by atoms with Crippen LogP contribution >= 0.6 is 0 Å². The SMILES string of the molecule is O=C(Cc1ccccc1)Nc1nc2c(ncn2[C@H]2CC(O)[C@@H](COC3(c4ccccc4)c4ccccc4Oc4ccccc43)O2)c(=O)[nH]1. The zero-order valence-electron chi connectivity index (χ0n) is 25.7. The molecular formula is C37H31N5O6. The Labute approximate surface area is 274 Å². The highest BCUT2D eigenvalue weighted by molar-refractivity contribution is 5.91. The highest BCUT2D eigenvalue weighted by atomic mass is 16.6. The van der Waals surface area contributed by atoms with Gasteiger partial charge in [0.05, 0.1) is 25.5 Å². The molecule has 0 saturated carbocycles. The standard InChI is InChI=1S/C37H31N5O6/c43-27-20-32(42-22-38-33-34(42)40-36(41-35(33)45)39-31(44)19-23-11-3-1-4-12-23)48-30(27)21-46-37(24-13-5-2-6-14-24)25-15-7-9-17-28(25)47-29-18-10-8-16-26(29)37/h1-18,22,27,30,32,43H,19-21H2,(H2,39,40,41,44,45)/t27?,30-,32-/m1/s1. The number of nitrogens with zero attached hydrogens (tertiary/aromatic N) is 3. The van der Waals surface area contributed by atoms with Crippen LogP contribution < -0.4 is 15.6 Å². The van der Waals surface area contributed by atoms with E-state index in [4.69, 9.17) is 14.2 Å². The van der Waals surface area contributed by atoms with E-state index in [2.05, 4.69) is 20.3 Å². The highest BCUT2D eigenvalue weighted by Crippen LogP contribution is 2.52. The average molecular weight is 642 g/mol. The smallest absolute Gasteiger partial charge is 0.280 e. The first-order valence-corrected chi connectivity index (χ1v) is 15.7. The number of fused-ring (bicyclic) bond motifs is 3. The number of aliphatic hydroxyl groups is 1. The van der Waals surface area contributed by atoms with E-state index in [1.54, 1.807) is 4.57 Å². The summed E-state index contributed by atoms with van der Waals surface area (Å²) in [6.45, 7) is 0.0384. The first-order valence-electron chi connectivity index (χ1n) is 15.7. The lowest BCUT2D eigenvalue weighted by molar-refractivity contribution is -0.115. The summed E-state index contributed by atoms with van der Waals surface area (Å²) < 4.78 is 21.2. The zero-order chi connectivity index (χ0) is 32.7. The maximum absolute atomic E-state index is 12.9. The molecule has 1 saturated heterocycles. The summed E-state index contributed by atoms with van der Waals surface area (Å²) >= 11 is 0. The van der Waals surface area contributed by atoms with Gasteiger partial charge in [-0.05, 0) is 23.3 Å². The van der Waals surface area contributed by atoms with Crippen molar-refractivity contribution in [3.05, 3.63) is 148 Å². The number of hydrogen-bond donors (Lipinski definition) is 3. The van der Waals surface area contributed by atoms with Gasteiger partial charge in [0, 0.05) is 17.5 Å². The van der Waals surface area contributed by atoms with Gasteiger partial charge in [-0.3, -0.25) is 24.5 Å². The molecule has 1 fully saturated rings. The van der Waals surface area contributed by atoms with Gasteiger partial charge in [-0.25, -0.2) is 4.98 Å². The third-order valence-corrected chi connectivity index (χ3v) is 8.81. The van der Waals surface area contributed by atoms with Crippen LogP contribution in [0.1, 0.15) is 34.9 Å². The fourth-order valence-electron chi connectivity index (χ4n) is 6.58. The van der Waals surface area contributed by atoms with Crippen molar-refractivity contribution in [2.24, 2.45) is 0 Å². The van der Waals surface area contributed by atoms with E-state index < -0.39 is 29.6 Å². The Morgan fingerprint density at radius 2 is 1.58 bits per heavy atom. The lowest BCUT2D eigenvalue weighted by Crippen LogP contribution is -2.39.